The minimum absolute atomic E-state index is 0.306. The molecule has 3 heteroatoms. The van der Waals surface area contributed by atoms with Crippen molar-refractivity contribution in [3.63, 3.8) is 0 Å². The van der Waals surface area contributed by atoms with Gasteiger partial charge in [-0.25, -0.2) is 0 Å². The van der Waals surface area contributed by atoms with Crippen molar-refractivity contribution in [3.05, 3.63) is 0 Å². The maximum atomic E-state index is 10.6. The molecule has 0 amide bonds. The topological polar surface area (TPSA) is 26.3 Å². The molecule has 0 aromatic carbocycles. The van der Waals surface area contributed by atoms with E-state index in [4.69, 9.17) is 7.85 Å². The standard InChI is InChI=1S/C6H11BO2/c1-3-5(7)6(8)9-4-2/h5H,3-4H2,1-2H3. The maximum Gasteiger partial charge on any atom is 0.300 e. The minimum Gasteiger partial charge on any atom is -0.466 e. The van der Waals surface area contributed by atoms with Crippen molar-refractivity contribution >= 4 is 13.8 Å². The first-order chi connectivity index (χ1) is 4.22. The van der Waals surface area contributed by atoms with Crippen LogP contribution in [0, 0.1) is 0 Å². The Morgan fingerprint density at radius 3 is 2.56 bits per heavy atom. The van der Waals surface area contributed by atoms with Gasteiger partial charge in [-0.05, 0) is 6.92 Å². The molecule has 0 heterocycles. The number of ether oxygens (including phenoxy) is 1. The third-order valence-corrected chi connectivity index (χ3v) is 1.03. The van der Waals surface area contributed by atoms with E-state index in [0.717, 1.165) is 0 Å². The fourth-order valence-corrected chi connectivity index (χ4v) is 0.416. The highest BCUT2D eigenvalue weighted by Gasteiger charge is 2.09. The van der Waals surface area contributed by atoms with Gasteiger partial charge in [0.2, 0.25) is 0 Å². The van der Waals surface area contributed by atoms with Crippen LogP contribution in [0.25, 0.3) is 0 Å². The van der Waals surface area contributed by atoms with Crippen molar-refractivity contribution in [2.24, 2.45) is 0 Å². The molecule has 0 aliphatic carbocycles. The van der Waals surface area contributed by atoms with E-state index in [0.29, 0.717) is 13.0 Å². The number of hydrogen-bond donors (Lipinski definition) is 0. The molecule has 0 saturated heterocycles. The van der Waals surface area contributed by atoms with Crippen LogP contribution in [0.1, 0.15) is 20.3 Å². The quantitative estimate of drug-likeness (QED) is 0.415. The van der Waals surface area contributed by atoms with E-state index < -0.39 is 5.82 Å². The zero-order valence-corrected chi connectivity index (χ0v) is 5.89. The Morgan fingerprint density at radius 2 is 2.22 bits per heavy atom. The average molecular weight is 126 g/mol. The molecule has 0 saturated carbocycles. The van der Waals surface area contributed by atoms with Gasteiger partial charge in [0.05, 0.1) is 14.5 Å². The van der Waals surface area contributed by atoms with Gasteiger partial charge in [-0.2, -0.15) is 0 Å². The molecule has 9 heavy (non-hydrogen) atoms. The second-order valence-electron chi connectivity index (χ2n) is 1.77. The molecule has 0 spiro atoms. The van der Waals surface area contributed by atoms with Gasteiger partial charge < -0.3 is 4.74 Å². The van der Waals surface area contributed by atoms with E-state index in [1.807, 2.05) is 6.92 Å². The van der Waals surface area contributed by atoms with E-state index >= 15 is 0 Å². The Kier molecular flexibility index (Phi) is 4.19. The Labute approximate surface area is 57.0 Å². The smallest absolute Gasteiger partial charge is 0.300 e. The highest BCUT2D eigenvalue weighted by Crippen LogP contribution is 2.05. The largest absolute Gasteiger partial charge is 0.466 e. The molecule has 2 nitrogen and oxygen atoms in total. The van der Waals surface area contributed by atoms with Crippen LogP contribution in [-0.2, 0) is 9.53 Å². The molecular weight excluding hydrogens is 115 g/mol. The van der Waals surface area contributed by atoms with Crippen molar-refractivity contribution in [2.45, 2.75) is 26.1 Å². The molecule has 50 valence electrons. The molecule has 0 aliphatic heterocycles. The highest BCUT2D eigenvalue weighted by molar-refractivity contribution is 6.22. The van der Waals surface area contributed by atoms with Crippen LogP contribution >= 0.6 is 0 Å². The highest BCUT2D eigenvalue weighted by atomic mass is 16.5. The normalized spacial score (nSPS) is 12.7. The number of carbonyl (C=O) groups is 1. The summed E-state index contributed by atoms with van der Waals surface area (Å²) in [5.74, 6) is -0.745. The molecule has 0 bridgehead atoms. The van der Waals surface area contributed by atoms with Crippen LogP contribution in [0.4, 0.5) is 0 Å². The molecule has 2 radical (unpaired) electrons. The summed E-state index contributed by atoms with van der Waals surface area (Å²) < 4.78 is 4.63. The lowest BCUT2D eigenvalue weighted by Gasteiger charge is -2.05. The predicted octanol–water partition coefficient (Wildman–Crippen LogP) is 0.916. The van der Waals surface area contributed by atoms with E-state index in [2.05, 4.69) is 4.74 Å². The lowest BCUT2D eigenvalue weighted by atomic mass is 9.85. The van der Waals surface area contributed by atoms with Gasteiger partial charge in [0.1, 0.15) is 0 Å². The zero-order valence-electron chi connectivity index (χ0n) is 5.89. The second-order valence-corrected chi connectivity index (χ2v) is 1.77. The summed E-state index contributed by atoms with van der Waals surface area (Å²) in [6.07, 6.45) is 0.638. The predicted molar refractivity (Wildman–Crippen MR) is 36.4 cm³/mol. The van der Waals surface area contributed by atoms with Crippen LogP contribution in [-0.4, -0.2) is 20.4 Å². The summed E-state index contributed by atoms with van der Waals surface area (Å²) in [5.41, 5.74) is 0. The van der Waals surface area contributed by atoms with E-state index in [9.17, 15) is 4.79 Å². The molecule has 0 aliphatic rings. The SMILES string of the molecule is [B]C(CC)C(=O)OCC. The van der Waals surface area contributed by atoms with Gasteiger partial charge in [0, 0.05) is 5.82 Å². The Hall–Kier alpha value is -0.465. The first-order valence-corrected chi connectivity index (χ1v) is 3.14. The summed E-state index contributed by atoms with van der Waals surface area (Å²) >= 11 is 0. The second kappa shape index (κ2) is 4.42. The first-order valence-electron chi connectivity index (χ1n) is 3.14. The van der Waals surface area contributed by atoms with Crippen LogP contribution in [0.5, 0.6) is 0 Å². The number of carbonyl (C=O) groups excluding carboxylic acids is 1. The van der Waals surface area contributed by atoms with Crippen molar-refractivity contribution < 1.29 is 9.53 Å². The van der Waals surface area contributed by atoms with Crippen molar-refractivity contribution in [2.75, 3.05) is 6.61 Å². The molecule has 1 atom stereocenters. The number of esters is 1. The molecule has 1 unspecified atom stereocenters. The molecule has 0 aromatic rings. The van der Waals surface area contributed by atoms with Crippen molar-refractivity contribution in [3.8, 4) is 0 Å². The number of rotatable bonds is 3. The van der Waals surface area contributed by atoms with Gasteiger partial charge in [0.25, 0.3) is 5.97 Å². The van der Waals surface area contributed by atoms with Gasteiger partial charge in [-0.1, -0.05) is 13.3 Å². The first kappa shape index (κ1) is 8.53. The molecule has 0 N–H and O–H groups in total. The molecule has 0 rings (SSSR count). The van der Waals surface area contributed by atoms with E-state index in [1.165, 1.54) is 0 Å². The monoisotopic (exact) mass is 126 g/mol. The zero-order chi connectivity index (χ0) is 7.28. The summed E-state index contributed by atoms with van der Waals surface area (Å²) in [7, 11) is 5.33. The summed E-state index contributed by atoms with van der Waals surface area (Å²) in [5, 5.41) is 0. The Balaban J connectivity index is 3.46. The Bertz CT molecular complexity index is 93.1. The molecule has 0 aromatic heterocycles. The lowest BCUT2D eigenvalue weighted by Crippen LogP contribution is -2.11. The third kappa shape index (κ3) is 3.17. The summed E-state index contributed by atoms with van der Waals surface area (Å²) in [6, 6.07) is 0. The van der Waals surface area contributed by atoms with Crippen LogP contribution in [0.15, 0.2) is 0 Å². The van der Waals surface area contributed by atoms with Gasteiger partial charge in [-0.3, -0.25) is 4.79 Å². The van der Waals surface area contributed by atoms with E-state index in [1.54, 1.807) is 6.92 Å². The number of hydrogen-bond acceptors (Lipinski definition) is 2. The third-order valence-electron chi connectivity index (χ3n) is 1.03. The molecular formula is C6H11BO2. The van der Waals surface area contributed by atoms with Gasteiger partial charge in [-0.15, -0.1) is 0 Å². The van der Waals surface area contributed by atoms with Gasteiger partial charge >= 0.3 is 0 Å². The summed E-state index contributed by atoms with van der Waals surface area (Å²) in [4.78, 5) is 10.6. The molecule has 0 fully saturated rings. The maximum absolute atomic E-state index is 10.6. The fourth-order valence-electron chi connectivity index (χ4n) is 0.416. The van der Waals surface area contributed by atoms with Crippen LogP contribution < -0.4 is 0 Å². The fraction of sp³-hybridized carbons (Fsp3) is 0.833. The lowest BCUT2D eigenvalue weighted by molar-refractivity contribution is -0.142. The van der Waals surface area contributed by atoms with Crippen LogP contribution in [0.3, 0.4) is 0 Å². The Morgan fingerprint density at radius 1 is 1.67 bits per heavy atom. The summed E-state index contributed by atoms with van der Waals surface area (Å²) in [6.45, 7) is 4.02. The van der Waals surface area contributed by atoms with Gasteiger partial charge in [0.15, 0.2) is 0 Å². The minimum atomic E-state index is -0.440. The van der Waals surface area contributed by atoms with E-state index in [-0.39, 0.29) is 5.97 Å². The average Bonchev–Trinajstić information content (AvgIpc) is 1.87. The van der Waals surface area contributed by atoms with Crippen molar-refractivity contribution in [1.82, 2.24) is 0 Å². The van der Waals surface area contributed by atoms with Crippen molar-refractivity contribution in [1.29, 1.82) is 0 Å². The van der Waals surface area contributed by atoms with Crippen LogP contribution in [0.2, 0.25) is 5.82 Å².